The molecule has 1 rings (SSSR count). The van der Waals surface area contributed by atoms with Crippen molar-refractivity contribution in [2.75, 3.05) is 19.6 Å². The van der Waals surface area contributed by atoms with E-state index >= 15 is 0 Å². The highest BCUT2D eigenvalue weighted by atomic mass is 16.5. The fraction of sp³-hybridized carbons (Fsp3) is 0.917. The second-order valence-corrected chi connectivity index (χ2v) is 5.18. The molecule has 0 aromatic rings. The van der Waals surface area contributed by atoms with Gasteiger partial charge in [-0.05, 0) is 33.6 Å². The molecular formula is C12H22N2O. The number of ether oxygens (including phenoxy) is 1. The average Bonchev–Trinajstić information content (AvgIpc) is 2.14. The van der Waals surface area contributed by atoms with Gasteiger partial charge in [-0.2, -0.15) is 5.26 Å². The molecule has 0 spiro atoms. The fourth-order valence-corrected chi connectivity index (χ4v) is 1.96. The molecular weight excluding hydrogens is 188 g/mol. The predicted octanol–water partition coefficient (Wildman–Crippen LogP) is 2.18. The van der Waals surface area contributed by atoms with Gasteiger partial charge in [0, 0.05) is 26.1 Å². The van der Waals surface area contributed by atoms with E-state index in [0.717, 1.165) is 32.5 Å². The Bertz CT molecular complexity index is 219. The third-order valence-corrected chi connectivity index (χ3v) is 2.59. The Morgan fingerprint density at radius 3 is 2.40 bits per heavy atom. The van der Waals surface area contributed by atoms with Crippen LogP contribution in [0.25, 0.3) is 0 Å². The molecule has 0 aromatic heterocycles. The van der Waals surface area contributed by atoms with Crippen LogP contribution in [0.5, 0.6) is 0 Å². The van der Waals surface area contributed by atoms with Crippen molar-refractivity contribution in [1.82, 2.24) is 4.90 Å². The number of hydrogen-bond donors (Lipinski definition) is 0. The molecule has 1 aliphatic heterocycles. The lowest BCUT2D eigenvalue weighted by molar-refractivity contribution is -0.0818. The smallest absolute Gasteiger partial charge is 0.0635 e. The summed E-state index contributed by atoms with van der Waals surface area (Å²) in [6.45, 7) is 9.38. The van der Waals surface area contributed by atoms with Gasteiger partial charge in [-0.25, -0.2) is 0 Å². The first-order chi connectivity index (χ1) is 7.01. The minimum absolute atomic E-state index is 0.0283. The molecule has 0 bridgehead atoms. The molecule has 1 saturated heterocycles. The van der Waals surface area contributed by atoms with Crippen molar-refractivity contribution in [3.8, 4) is 6.07 Å². The number of nitrogens with zero attached hydrogens (tertiary/aromatic N) is 2. The zero-order valence-corrected chi connectivity index (χ0v) is 10.1. The van der Waals surface area contributed by atoms with Crippen LogP contribution in [0.1, 0.15) is 40.0 Å². The minimum Gasteiger partial charge on any atom is -0.373 e. The van der Waals surface area contributed by atoms with Gasteiger partial charge in [0.25, 0.3) is 0 Å². The van der Waals surface area contributed by atoms with Crippen LogP contribution in [0, 0.1) is 11.3 Å². The SMILES string of the molecule is CC(C)(C)OC1CCN(CCC#N)CC1. The summed E-state index contributed by atoms with van der Waals surface area (Å²) in [6.07, 6.45) is 3.25. The van der Waals surface area contributed by atoms with Crippen molar-refractivity contribution in [2.45, 2.75) is 51.7 Å². The summed E-state index contributed by atoms with van der Waals surface area (Å²) in [5.74, 6) is 0. The molecule has 1 heterocycles. The predicted molar refractivity (Wildman–Crippen MR) is 60.5 cm³/mol. The van der Waals surface area contributed by atoms with Gasteiger partial charge in [0.2, 0.25) is 0 Å². The fourth-order valence-electron chi connectivity index (χ4n) is 1.96. The monoisotopic (exact) mass is 210 g/mol. The van der Waals surface area contributed by atoms with Gasteiger partial charge in [0.05, 0.1) is 17.8 Å². The molecule has 0 N–H and O–H groups in total. The number of nitriles is 1. The second kappa shape index (κ2) is 5.48. The van der Waals surface area contributed by atoms with Crippen molar-refractivity contribution in [3.63, 3.8) is 0 Å². The minimum atomic E-state index is -0.0283. The van der Waals surface area contributed by atoms with E-state index in [9.17, 15) is 0 Å². The van der Waals surface area contributed by atoms with Crippen LogP contribution in [-0.4, -0.2) is 36.2 Å². The lowest BCUT2D eigenvalue weighted by Crippen LogP contribution is -2.40. The van der Waals surface area contributed by atoms with E-state index in [-0.39, 0.29) is 5.60 Å². The van der Waals surface area contributed by atoms with E-state index in [1.54, 1.807) is 0 Å². The van der Waals surface area contributed by atoms with Gasteiger partial charge in [0.15, 0.2) is 0 Å². The first kappa shape index (κ1) is 12.5. The maximum atomic E-state index is 8.50. The summed E-state index contributed by atoms with van der Waals surface area (Å²) in [4.78, 5) is 2.35. The standard InChI is InChI=1S/C12H22N2O/c1-12(2,3)15-11-5-9-14(10-6-11)8-4-7-13/h11H,4-6,8-10H2,1-3H3. The Balaban J connectivity index is 2.21. The molecule has 1 aliphatic rings. The summed E-state index contributed by atoms with van der Waals surface area (Å²) >= 11 is 0. The molecule has 86 valence electrons. The van der Waals surface area contributed by atoms with Crippen LogP contribution < -0.4 is 0 Å². The third-order valence-electron chi connectivity index (χ3n) is 2.59. The van der Waals surface area contributed by atoms with Gasteiger partial charge < -0.3 is 9.64 Å². The van der Waals surface area contributed by atoms with Gasteiger partial charge >= 0.3 is 0 Å². The van der Waals surface area contributed by atoms with E-state index in [1.165, 1.54) is 0 Å². The molecule has 15 heavy (non-hydrogen) atoms. The maximum Gasteiger partial charge on any atom is 0.0635 e. The van der Waals surface area contributed by atoms with Crippen LogP contribution in [-0.2, 0) is 4.74 Å². The summed E-state index contributed by atoms with van der Waals surface area (Å²) in [5.41, 5.74) is -0.0283. The van der Waals surface area contributed by atoms with Crippen LogP contribution in [0.2, 0.25) is 0 Å². The molecule has 0 amide bonds. The van der Waals surface area contributed by atoms with Crippen molar-refractivity contribution in [1.29, 1.82) is 5.26 Å². The van der Waals surface area contributed by atoms with Crippen molar-refractivity contribution in [3.05, 3.63) is 0 Å². The van der Waals surface area contributed by atoms with Crippen molar-refractivity contribution < 1.29 is 4.74 Å². The number of likely N-dealkylation sites (tertiary alicyclic amines) is 1. The maximum absolute atomic E-state index is 8.50. The van der Waals surface area contributed by atoms with Crippen LogP contribution >= 0.6 is 0 Å². The molecule has 0 aromatic carbocycles. The Kier molecular flexibility index (Phi) is 4.56. The van der Waals surface area contributed by atoms with Gasteiger partial charge in [-0.3, -0.25) is 0 Å². The van der Waals surface area contributed by atoms with Crippen LogP contribution in [0.15, 0.2) is 0 Å². The zero-order valence-electron chi connectivity index (χ0n) is 10.1. The topological polar surface area (TPSA) is 36.3 Å². The lowest BCUT2D eigenvalue weighted by atomic mass is 10.1. The third kappa shape index (κ3) is 5.15. The van der Waals surface area contributed by atoms with Crippen LogP contribution in [0.4, 0.5) is 0 Å². The van der Waals surface area contributed by atoms with E-state index in [1.807, 2.05) is 0 Å². The quantitative estimate of drug-likeness (QED) is 0.716. The molecule has 0 atom stereocenters. The molecule has 3 heteroatoms. The molecule has 0 unspecified atom stereocenters. The number of hydrogen-bond acceptors (Lipinski definition) is 3. The normalized spacial score (nSPS) is 20.1. The van der Waals surface area contributed by atoms with Crippen LogP contribution in [0.3, 0.4) is 0 Å². The van der Waals surface area contributed by atoms with Crippen molar-refractivity contribution >= 4 is 0 Å². The summed E-state index contributed by atoms with van der Waals surface area (Å²) in [6, 6.07) is 2.19. The second-order valence-electron chi connectivity index (χ2n) is 5.18. The lowest BCUT2D eigenvalue weighted by Gasteiger charge is -2.35. The summed E-state index contributed by atoms with van der Waals surface area (Å²) < 4.78 is 5.94. The van der Waals surface area contributed by atoms with E-state index in [0.29, 0.717) is 12.5 Å². The molecule has 0 aliphatic carbocycles. The molecule has 1 fully saturated rings. The van der Waals surface area contributed by atoms with Gasteiger partial charge in [0.1, 0.15) is 0 Å². The van der Waals surface area contributed by atoms with Gasteiger partial charge in [-0.15, -0.1) is 0 Å². The van der Waals surface area contributed by atoms with E-state index in [2.05, 4.69) is 31.7 Å². The largest absolute Gasteiger partial charge is 0.373 e. The first-order valence-corrected chi connectivity index (χ1v) is 5.78. The van der Waals surface area contributed by atoms with E-state index < -0.39 is 0 Å². The Hall–Kier alpha value is -0.590. The highest BCUT2D eigenvalue weighted by Gasteiger charge is 2.23. The Morgan fingerprint density at radius 1 is 1.33 bits per heavy atom. The molecule has 0 saturated carbocycles. The van der Waals surface area contributed by atoms with E-state index in [4.69, 9.17) is 10.00 Å². The number of piperidine rings is 1. The molecule has 3 nitrogen and oxygen atoms in total. The highest BCUT2D eigenvalue weighted by Crippen LogP contribution is 2.19. The molecule has 0 radical (unpaired) electrons. The zero-order chi connectivity index (χ0) is 11.3. The highest BCUT2D eigenvalue weighted by molar-refractivity contribution is 4.78. The summed E-state index contributed by atoms with van der Waals surface area (Å²) in [7, 11) is 0. The number of rotatable bonds is 3. The Labute approximate surface area is 93.0 Å². The average molecular weight is 210 g/mol. The Morgan fingerprint density at radius 2 is 1.93 bits per heavy atom. The summed E-state index contributed by atoms with van der Waals surface area (Å²) in [5, 5.41) is 8.50. The van der Waals surface area contributed by atoms with Crippen molar-refractivity contribution in [2.24, 2.45) is 0 Å². The first-order valence-electron chi connectivity index (χ1n) is 5.78. The van der Waals surface area contributed by atoms with Gasteiger partial charge in [-0.1, -0.05) is 0 Å².